The number of rotatable bonds is 1. The lowest BCUT2D eigenvalue weighted by Crippen LogP contribution is -1.93. The normalized spacial score (nSPS) is 11.1. The van der Waals surface area contributed by atoms with Gasteiger partial charge in [-0.15, -0.1) is 0 Å². The smallest absolute Gasteiger partial charge is 0.175 e. The molecule has 3 aromatic rings. The van der Waals surface area contributed by atoms with Crippen molar-refractivity contribution in [3.05, 3.63) is 35.7 Å². The van der Waals surface area contributed by atoms with E-state index in [1.54, 1.807) is 13.3 Å². The number of aromatic nitrogens is 3. The van der Waals surface area contributed by atoms with Crippen molar-refractivity contribution in [1.29, 1.82) is 0 Å². The molecule has 0 fully saturated rings. The summed E-state index contributed by atoms with van der Waals surface area (Å²) in [6.45, 7) is 0. The summed E-state index contributed by atoms with van der Waals surface area (Å²) in [5, 5.41) is 0.394. The number of ether oxygens (including phenoxy) is 1. The average molecular weight is 234 g/mol. The first kappa shape index (κ1) is 9.42. The Labute approximate surface area is 96.5 Å². The standard InChI is InChI=1S/C11H8ClN3O/c1-16-7-2-3-9-8(6-7)14-10(12)11-13-4-5-15(9)11/h2-6H,1H3. The van der Waals surface area contributed by atoms with Crippen molar-refractivity contribution in [2.75, 3.05) is 7.11 Å². The summed E-state index contributed by atoms with van der Waals surface area (Å²) >= 11 is 6.04. The Morgan fingerprint density at radius 3 is 3.06 bits per heavy atom. The van der Waals surface area contributed by atoms with E-state index in [4.69, 9.17) is 16.3 Å². The van der Waals surface area contributed by atoms with Gasteiger partial charge < -0.3 is 4.74 Å². The monoisotopic (exact) mass is 233 g/mol. The van der Waals surface area contributed by atoms with Crippen LogP contribution in [0.2, 0.25) is 5.15 Å². The van der Waals surface area contributed by atoms with E-state index in [-0.39, 0.29) is 0 Å². The highest BCUT2D eigenvalue weighted by Gasteiger charge is 2.07. The van der Waals surface area contributed by atoms with E-state index < -0.39 is 0 Å². The van der Waals surface area contributed by atoms with Crippen LogP contribution in [0.3, 0.4) is 0 Å². The van der Waals surface area contributed by atoms with Crippen LogP contribution in [-0.2, 0) is 0 Å². The first-order chi connectivity index (χ1) is 7.79. The van der Waals surface area contributed by atoms with Gasteiger partial charge in [0.05, 0.1) is 18.1 Å². The van der Waals surface area contributed by atoms with Crippen molar-refractivity contribution in [3.8, 4) is 5.75 Å². The molecule has 3 rings (SSSR count). The van der Waals surface area contributed by atoms with Crippen LogP contribution in [0.4, 0.5) is 0 Å². The third kappa shape index (κ3) is 1.23. The predicted molar refractivity (Wildman–Crippen MR) is 62.1 cm³/mol. The van der Waals surface area contributed by atoms with Gasteiger partial charge in [0.1, 0.15) is 5.75 Å². The molecular weight excluding hydrogens is 226 g/mol. The van der Waals surface area contributed by atoms with Crippen LogP contribution in [0.5, 0.6) is 5.75 Å². The van der Waals surface area contributed by atoms with E-state index in [0.717, 1.165) is 16.8 Å². The van der Waals surface area contributed by atoms with Gasteiger partial charge in [0.25, 0.3) is 0 Å². The highest BCUT2D eigenvalue weighted by atomic mass is 35.5. The number of fused-ring (bicyclic) bond motifs is 3. The molecule has 16 heavy (non-hydrogen) atoms. The van der Waals surface area contributed by atoms with Gasteiger partial charge >= 0.3 is 0 Å². The van der Waals surface area contributed by atoms with Crippen LogP contribution in [0.25, 0.3) is 16.7 Å². The molecule has 2 heterocycles. The molecule has 0 N–H and O–H groups in total. The molecular formula is C11H8ClN3O. The van der Waals surface area contributed by atoms with Crippen LogP contribution < -0.4 is 4.74 Å². The zero-order valence-electron chi connectivity index (χ0n) is 8.51. The largest absolute Gasteiger partial charge is 0.497 e. The molecule has 2 aromatic heterocycles. The van der Waals surface area contributed by atoms with Crippen LogP contribution in [-0.4, -0.2) is 21.5 Å². The number of imidazole rings is 1. The van der Waals surface area contributed by atoms with E-state index in [0.29, 0.717) is 10.8 Å². The molecule has 0 amide bonds. The van der Waals surface area contributed by atoms with Crippen molar-refractivity contribution < 1.29 is 4.74 Å². The number of methoxy groups -OCH3 is 1. The van der Waals surface area contributed by atoms with Gasteiger partial charge in [-0.1, -0.05) is 11.6 Å². The minimum absolute atomic E-state index is 0.394. The van der Waals surface area contributed by atoms with Gasteiger partial charge in [-0.05, 0) is 12.1 Å². The Morgan fingerprint density at radius 1 is 1.38 bits per heavy atom. The number of nitrogens with zero attached hydrogens (tertiary/aromatic N) is 3. The van der Waals surface area contributed by atoms with E-state index in [1.165, 1.54) is 0 Å². The molecule has 0 saturated heterocycles. The summed E-state index contributed by atoms with van der Waals surface area (Å²) in [4.78, 5) is 8.43. The van der Waals surface area contributed by atoms with Crippen LogP contribution >= 0.6 is 11.6 Å². The van der Waals surface area contributed by atoms with Gasteiger partial charge in [-0.3, -0.25) is 4.40 Å². The summed E-state index contributed by atoms with van der Waals surface area (Å²) in [6.07, 6.45) is 3.56. The first-order valence-electron chi connectivity index (χ1n) is 4.76. The molecule has 0 radical (unpaired) electrons. The van der Waals surface area contributed by atoms with Crippen molar-refractivity contribution >= 4 is 28.3 Å². The molecule has 1 aromatic carbocycles. The Bertz CT molecular complexity index is 677. The molecule has 5 heteroatoms. The number of hydrogen-bond acceptors (Lipinski definition) is 3. The number of halogens is 1. The summed E-state index contributed by atoms with van der Waals surface area (Å²) in [6, 6.07) is 5.67. The second-order valence-electron chi connectivity index (χ2n) is 3.38. The van der Waals surface area contributed by atoms with E-state index >= 15 is 0 Å². The van der Waals surface area contributed by atoms with E-state index in [1.807, 2.05) is 28.8 Å². The minimum Gasteiger partial charge on any atom is -0.497 e. The molecule has 80 valence electrons. The van der Waals surface area contributed by atoms with E-state index in [9.17, 15) is 0 Å². The van der Waals surface area contributed by atoms with Crippen LogP contribution in [0, 0.1) is 0 Å². The molecule has 0 unspecified atom stereocenters. The van der Waals surface area contributed by atoms with Gasteiger partial charge in [0.2, 0.25) is 0 Å². The fraction of sp³-hybridized carbons (Fsp3) is 0.0909. The topological polar surface area (TPSA) is 39.4 Å². The van der Waals surface area contributed by atoms with Gasteiger partial charge in [0, 0.05) is 18.5 Å². The Hall–Kier alpha value is -1.81. The first-order valence-corrected chi connectivity index (χ1v) is 5.14. The number of hydrogen-bond donors (Lipinski definition) is 0. The Kier molecular flexibility index (Phi) is 1.97. The summed E-state index contributed by atoms with van der Waals surface area (Å²) in [7, 11) is 1.62. The van der Waals surface area contributed by atoms with E-state index in [2.05, 4.69) is 9.97 Å². The lowest BCUT2D eigenvalue weighted by molar-refractivity contribution is 0.415. The fourth-order valence-corrected chi connectivity index (χ4v) is 1.96. The molecule has 0 atom stereocenters. The second kappa shape index (κ2) is 3.35. The molecule has 0 aliphatic heterocycles. The Balaban J connectivity index is 2.48. The predicted octanol–water partition coefficient (Wildman–Crippen LogP) is 2.54. The third-order valence-electron chi connectivity index (χ3n) is 2.49. The molecule has 0 aliphatic carbocycles. The Morgan fingerprint density at radius 2 is 2.25 bits per heavy atom. The van der Waals surface area contributed by atoms with Crippen molar-refractivity contribution in [2.45, 2.75) is 0 Å². The molecule has 0 spiro atoms. The molecule has 0 aliphatic rings. The number of benzene rings is 1. The maximum absolute atomic E-state index is 6.04. The SMILES string of the molecule is COc1ccc2c(c1)nc(Cl)c1nccn12. The maximum Gasteiger partial charge on any atom is 0.175 e. The summed E-state index contributed by atoms with van der Waals surface area (Å²) in [5.41, 5.74) is 2.41. The van der Waals surface area contributed by atoms with Gasteiger partial charge in [-0.25, -0.2) is 9.97 Å². The zero-order chi connectivity index (χ0) is 11.1. The molecule has 0 bridgehead atoms. The van der Waals surface area contributed by atoms with Crippen molar-refractivity contribution in [3.63, 3.8) is 0 Å². The van der Waals surface area contributed by atoms with Gasteiger partial charge in [0.15, 0.2) is 10.8 Å². The summed E-state index contributed by atoms with van der Waals surface area (Å²) < 4.78 is 7.05. The highest BCUT2D eigenvalue weighted by Crippen LogP contribution is 2.23. The maximum atomic E-state index is 6.04. The third-order valence-corrected chi connectivity index (χ3v) is 2.74. The minimum atomic E-state index is 0.394. The second-order valence-corrected chi connectivity index (χ2v) is 3.74. The highest BCUT2D eigenvalue weighted by molar-refractivity contribution is 6.32. The quantitative estimate of drug-likeness (QED) is 0.649. The van der Waals surface area contributed by atoms with Crippen LogP contribution in [0.1, 0.15) is 0 Å². The fourth-order valence-electron chi connectivity index (χ4n) is 1.73. The lowest BCUT2D eigenvalue weighted by Gasteiger charge is -2.05. The lowest BCUT2D eigenvalue weighted by atomic mass is 10.3. The van der Waals surface area contributed by atoms with Crippen molar-refractivity contribution in [1.82, 2.24) is 14.4 Å². The summed E-state index contributed by atoms with van der Waals surface area (Å²) in [5.74, 6) is 0.760. The van der Waals surface area contributed by atoms with Crippen molar-refractivity contribution in [2.24, 2.45) is 0 Å². The van der Waals surface area contributed by atoms with Crippen LogP contribution in [0.15, 0.2) is 30.6 Å². The molecule has 0 saturated carbocycles. The zero-order valence-corrected chi connectivity index (χ0v) is 9.27. The van der Waals surface area contributed by atoms with Gasteiger partial charge in [-0.2, -0.15) is 0 Å². The molecule has 4 nitrogen and oxygen atoms in total. The average Bonchev–Trinajstić information content (AvgIpc) is 2.78.